The second-order valence-corrected chi connectivity index (χ2v) is 4.40. The molecule has 2 heterocycles. The lowest BCUT2D eigenvalue weighted by atomic mass is 10.2. The van der Waals surface area contributed by atoms with Crippen molar-refractivity contribution in [2.45, 2.75) is 0 Å². The van der Waals surface area contributed by atoms with Gasteiger partial charge in [0.25, 0.3) is 5.91 Å². The van der Waals surface area contributed by atoms with Gasteiger partial charge in [-0.2, -0.15) is 0 Å². The van der Waals surface area contributed by atoms with E-state index in [1.165, 1.54) is 12.3 Å². The molecule has 1 N–H and O–H groups in total. The molecule has 4 nitrogen and oxygen atoms in total. The molecule has 1 amide bonds. The summed E-state index contributed by atoms with van der Waals surface area (Å²) in [5, 5.41) is 2.95. The molecule has 0 aromatic carbocycles. The van der Waals surface area contributed by atoms with Gasteiger partial charge in [-0.1, -0.05) is 11.6 Å². The fourth-order valence-corrected chi connectivity index (χ4v) is 1.73. The van der Waals surface area contributed by atoms with Crippen LogP contribution in [-0.4, -0.2) is 15.9 Å². The van der Waals surface area contributed by atoms with Gasteiger partial charge in [0.2, 0.25) is 0 Å². The lowest BCUT2D eigenvalue weighted by Crippen LogP contribution is -2.13. The number of amides is 1. The van der Waals surface area contributed by atoms with E-state index in [1.807, 2.05) is 0 Å². The van der Waals surface area contributed by atoms with Crippen LogP contribution in [0.3, 0.4) is 0 Å². The molecular weight excluding hydrogens is 305 g/mol. The summed E-state index contributed by atoms with van der Waals surface area (Å²) in [7, 11) is 0. The van der Waals surface area contributed by atoms with E-state index in [9.17, 15) is 4.79 Å². The van der Waals surface area contributed by atoms with Gasteiger partial charge in [0.05, 0.1) is 4.47 Å². The Balaban J connectivity index is 2.20. The van der Waals surface area contributed by atoms with Gasteiger partial charge < -0.3 is 5.32 Å². The number of aromatic nitrogens is 2. The number of halogens is 2. The van der Waals surface area contributed by atoms with Crippen LogP contribution in [0.5, 0.6) is 0 Å². The molecule has 0 saturated carbocycles. The number of pyridine rings is 2. The molecule has 0 unspecified atom stereocenters. The first kappa shape index (κ1) is 12.0. The summed E-state index contributed by atoms with van der Waals surface area (Å²) in [5.74, 6) is 0.180. The van der Waals surface area contributed by atoms with E-state index >= 15 is 0 Å². The average Bonchev–Trinajstić information content (AvgIpc) is 2.32. The zero-order valence-electron chi connectivity index (χ0n) is 8.52. The second kappa shape index (κ2) is 5.25. The first-order valence-corrected chi connectivity index (χ1v) is 5.87. The second-order valence-electron chi connectivity index (χ2n) is 3.16. The van der Waals surface area contributed by atoms with Crippen molar-refractivity contribution in [1.29, 1.82) is 0 Å². The number of rotatable bonds is 2. The lowest BCUT2D eigenvalue weighted by Gasteiger charge is -2.05. The van der Waals surface area contributed by atoms with Crippen LogP contribution in [-0.2, 0) is 0 Å². The number of carbonyl (C=O) groups is 1. The Labute approximate surface area is 111 Å². The molecule has 0 aliphatic rings. The summed E-state index contributed by atoms with van der Waals surface area (Å²) in [6.45, 7) is 0. The summed E-state index contributed by atoms with van der Waals surface area (Å²) < 4.78 is 0.716. The molecule has 2 aromatic heterocycles. The number of hydrogen-bond acceptors (Lipinski definition) is 3. The van der Waals surface area contributed by atoms with Gasteiger partial charge in [-0.15, -0.1) is 0 Å². The van der Waals surface area contributed by atoms with Gasteiger partial charge in [0.15, 0.2) is 0 Å². The van der Waals surface area contributed by atoms with Gasteiger partial charge in [0, 0.05) is 18.0 Å². The molecule has 2 rings (SSSR count). The van der Waals surface area contributed by atoms with Crippen molar-refractivity contribution in [2.24, 2.45) is 0 Å². The van der Waals surface area contributed by atoms with E-state index in [0.717, 1.165) is 0 Å². The van der Waals surface area contributed by atoms with Crippen LogP contribution in [0.4, 0.5) is 5.82 Å². The summed E-state index contributed by atoms with van der Waals surface area (Å²) in [6.07, 6.45) is 3.07. The van der Waals surface area contributed by atoms with Gasteiger partial charge in [-0.3, -0.25) is 4.79 Å². The van der Waals surface area contributed by atoms with Crippen LogP contribution in [0, 0.1) is 0 Å². The number of anilines is 1. The van der Waals surface area contributed by atoms with Crippen LogP contribution < -0.4 is 5.32 Å². The summed E-state index contributed by atoms with van der Waals surface area (Å²) in [6, 6.07) is 6.64. The number of carbonyl (C=O) groups excluding carboxylic acids is 1. The number of nitrogens with one attached hydrogen (secondary N) is 1. The van der Waals surface area contributed by atoms with Crippen molar-refractivity contribution >= 4 is 39.3 Å². The van der Waals surface area contributed by atoms with Gasteiger partial charge in [-0.25, -0.2) is 9.97 Å². The SMILES string of the molecule is O=C(Nc1ncccc1Br)c1ccnc(Cl)c1. The van der Waals surface area contributed by atoms with Crippen LogP contribution >= 0.6 is 27.5 Å². The van der Waals surface area contributed by atoms with Crippen molar-refractivity contribution in [3.63, 3.8) is 0 Å². The minimum absolute atomic E-state index is 0.276. The highest BCUT2D eigenvalue weighted by atomic mass is 79.9. The van der Waals surface area contributed by atoms with Crippen molar-refractivity contribution in [2.75, 3.05) is 5.32 Å². The molecule has 0 spiro atoms. The molecule has 17 heavy (non-hydrogen) atoms. The minimum Gasteiger partial charge on any atom is -0.306 e. The largest absolute Gasteiger partial charge is 0.306 e. The molecule has 0 bridgehead atoms. The van der Waals surface area contributed by atoms with E-state index in [1.54, 1.807) is 24.4 Å². The molecule has 0 aliphatic heterocycles. The maximum Gasteiger partial charge on any atom is 0.257 e. The van der Waals surface area contributed by atoms with Gasteiger partial charge >= 0.3 is 0 Å². The highest BCUT2D eigenvalue weighted by Crippen LogP contribution is 2.19. The maximum absolute atomic E-state index is 11.9. The topological polar surface area (TPSA) is 54.9 Å². The third-order valence-corrected chi connectivity index (χ3v) is 2.83. The number of nitrogens with zero attached hydrogens (tertiary/aromatic N) is 2. The molecule has 0 radical (unpaired) electrons. The normalized spacial score (nSPS) is 10.0. The molecule has 2 aromatic rings. The summed E-state index contributed by atoms with van der Waals surface area (Å²) in [5.41, 5.74) is 0.433. The minimum atomic E-state index is -0.284. The molecule has 0 fully saturated rings. The first-order chi connectivity index (χ1) is 8.16. The van der Waals surface area contributed by atoms with E-state index < -0.39 is 0 Å². The quantitative estimate of drug-likeness (QED) is 0.867. The zero-order valence-corrected chi connectivity index (χ0v) is 10.9. The Morgan fingerprint density at radius 3 is 2.82 bits per heavy atom. The smallest absolute Gasteiger partial charge is 0.257 e. The fourth-order valence-electron chi connectivity index (χ4n) is 1.20. The van der Waals surface area contributed by atoms with Gasteiger partial charge in [-0.05, 0) is 40.2 Å². The zero-order chi connectivity index (χ0) is 12.3. The average molecular weight is 313 g/mol. The molecule has 86 valence electrons. The van der Waals surface area contributed by atoms with E-state index in [2.05, 4.69) is 31.2 Å². The Kier molecular flexibility index (Phi) is 3.71. The molecule has 0 aliphatic carbocycles. The highest BCUT2D eigenvalue weighted by molar-refractivity contribution is 9.10. The van der Waals surface area contributed by atoms with Crippen molar-refractivity contribution in [3.8, 4) is 0 Å². The van der Waals surface area contributed by atoms with Crippen molar-refractivity contribution < 1.29 is 4.79 Å². The Morgan fingerprint density at radius 1 is 1.29 bits per heavy atom. The van der Waals surface area contributed by atoms with Crippen molar-refractivity contribution in [1.82, 2.24) is 9.97 Å². The van der Waals surface area contributed by atoms with Gasteiger partial charge in [0.1, 0.15) is 11.0 Å². The Morgan fingerprint density at radius 2 is 2.12 bits per heavy atom. The van der Waals surface area contributed by atoms with E-state index in [-0.39, 0.29) is 11.1 Å². The van der Waals surface area contributed by atoms with E-state index in [4.69, 9.17) is 11.6 Å². The standard InChI is InChI=1S/C11H7BrClN3O/c12-8-2-1-4-15-10(8)16-11(17)7-3-5-14-9(13)6-7/h1-6H,(H,15,16,17). The molecule has 6 heteroatoms. The molecular formula is C11H7BrClN3O. The van der Waals surface area contributed by atoms with Crippen LogP contribution in [0.1, 0.15) is 10.4 Å². The Bertz CT molecular complexity index is 562. The summed E-state index contributed by atoms with van der Waals surface area (Å²) in [4.78, 5) is 19.7. The third kappa shape index (κ3) is 3.01. The van der Waals surface area contributed by atoms with Crippen molar-refractivity contribution in [3.05, 3.63) is 51.8 Å². The fraction of sp³-hybridized carbons (Fsp3) is 0. The molecule has 0 saturated heterocycles. The predicted octanol–water partition coefficient (Wildman–Crippen LogP) is 3.14. The van der Waals surface area contributed by atoms with Crippen LogP contribution in [0.25, 0.3) is 0 Å². The summed E-state index contributed by atoms with van der Waals surface area (Å²) >= 11 is 9.00. The Hall–Kier alpha value is -1.46. The maximum atomic E-state index is 11.9. The first-order valence-electron chi connectivity index (χ1n) is 4.70. The van der Waals surface area contributed by atoms with E-state index in [0.29, 0.717) is 15.9 Å². The molecule has 0 atom stereocenters. The predicted molar refractivity (Wildman–Crippen MR) is 69.1 cm³/mol. The monoisotopic (exact) mass is 311 g/mol. The lowest BCUT2D eigenvalue weighted by molar-refractivity contribution is 0.102. The third-order valence-electron chi connectivity index (χ3n) is 1.98. The number of hydrogen-bond donors (Lipinski definition) is 1. The van der Waals surface area contributed by atoms with Crippen LogP contribution in [0.15, 0.2) is 41.1 Å². The van der Waals surface area contributed by atoms with Crippen LogP contribution in [0.2, 0.25) is 5.15 Å². The highest BCUT2D eigenvalue weighted by Gasteiger charge is 2.09.